The van der Waals surface area contributed by atoms with Crippen molar-refractivity contribution in [3.05, 3.63) is 17.7 Å². The summed E-state index contributed by atoms with van der Waals surface area (Å²) in [7, 11) is 0. The summed E-state index contributed by atoms with van der Waals surface area (Å²) in [6.45, 7) is 10.8. The highest BCUT2D eigenvalue weighted by Gasteiger charge is 2.33. The highest BCUT2D eigenvalue weighted by Crippen LogP contribution is 2.43. The Morgan fingerprint density at radius 2 is 1.72 bits per heavy atom. The van der Waals surface area contributed by atoms with Crippen molar-refractivity contribution in [2.24, 2.45) is 5.73 Å². The van der Waals surface area contributed by atoms with Crippen LogP contribution in [0.5, 0.6) is 17.2 Å². The Balaban J connectivity index is 3.42. The first-order valence-corrected chi connectivity index (χ1v) is 8.89. The maximum Gasteiger partial charge on any atom is 0.323 e. The zero-order valence-electron chi connectivity index (χ0n) is 15.9. The van der Waals surface area contributed by atoms with E-state index in [2.05, 4.69) is 0 Å². The summed E-state index contributed by atoms with van der Waals surface area (Å²) in [6, 6.07) is 3.72. The Hall–Kier alpha value is -1.95. The molecule has 0 amide bonds. The second-order valence-electron chi connectivity index (χ2n) is 6.17. The second kappa shape index (κ2) is 9.51. The molecule has 0 fully saturated rings. The van der Waals surface area contributed by atoms with Gasteiger partial charge < -0.3 is 25.1 Å². The van der Waals surface area contributed by atoms with Crippen LogP contribution in [0.15, 0.2) is 12.1 Å². The lowest BCUT2D eigenvalue weighted by Gasteiger charge is -2.28. The lowest BCUT2D eigenvalue weighted by molar-refractivity contribution is -0.143. The quantitative estimate of drug-likeness (QED) is 0.632. The molecule has 0 saturated carbocycles. The molecule has 1 rings (SSSR count). The summed E-state index contributed by atoms with van der Waals surface area (Å²) in [6.07, 6.45) is 1.02. The summed E-state index contributed by atoms with van der Waals surface area (Å²) in [4.78, 5) is 11.4. The van der Waals surface area contributed by atoms with Crippen molar-refractivity contribution in [3.63, 3.8) is 0 Å². The Morgan fingerprint density at radius 3 is 2.20 bits per heavy atom. The fourth-order valence-corrected chi connectivity index (χ4v) is 2.79. The number of hydrogen-bond donors (Lipinski definition) is 2. The minimum absolute atomic E-state index is 0.0905. The van der Waals surface area contributed by atoms with Gasteiger partial charge in [0.25, 0.3) is 0 Å². The minimum Gasteiger partial charge on any atom is -0.494 e. The molecular weight excluding hydrogens is 322 g/mol. The molecule has 2 unspecified atom stereocenters. The monoisotopic (exact) mass is 353 g/mol. The van der Waals surface area contributed by atoms with Gasteiger partial charge in [-0.3, -0.25) is 4.79 Å². The van der Waals surface area contributed by atoms with E-state index < -0.39 is 11.5 Å². The fourth-order valence-electron chi connectivity index (χ4n) is 2.79. The van der Waals surface area contributed by atoms with Crippen LogP contribution in [0.25, 0.3) is 0 Å². The third kappa shape index (κ3) is 5.53. The molecule has 0 spiro atoms. The van der Waals surface area contributed by atoms with Crippen molar-refractivity contribution in [1.29, 1.82) is 0 Å². The summed E-state index contributed by atoms with van der Waals surface area (Å²) >= 11 is 0. The van der Waals surface area contributed by atoms with E-state index in [1.165, 1.54) is 6.92 Å². The molecule has 6 heteroatoms. The first kappa shape index (κ1) is 21.1. The lowest BCUT2D eigenvalue weighted by atomic mass is 9.83. The summed E-state index contributed by atoms with van der Waals surface area (Å²) in [5, 5.41) is 9.38. The Bertz CT molecular complexity index is 571. The van der Waals surface area contributed by atoms with Gasteiger partial charge in [-0.1, -0.05) is 6.92 Å². The maximum atomic E-state index is 11.4. The molecule has 142 valence electrons. The van der Waals surface area contributed by atoms with Gasteiger partial charge in [0.1, 0.15) is 11.3 Å². The van der Waals surface area contributed by atoms with Gasteiger partial charge in [-0.25, -0.2) is 0 Å². The van der Waals surface area contributed by atoms with Crippen molar-refractivity contribution >= 4 is 5.97 Å². The van der Waals surface area contributed by atoms with E-state index in [9.17, 15) is 9.90 Å². The van der Waals surface area contributed by atoms with Gasteiger partial charge in [0.2, 0.25) is 0 Å². The first-order valence-electron chi connectivity index (χ1n) is 8.89. The van der Waals surface area contributed by atoms with Crippen LogP contribution < -0.4 is 19.9 Å². The van der Waals surface area contributed by atoms with E-state index in [4.69, 9.17) is 19.9 Å². The number of benzene rings is 1. The largest absolute Gasteiger partial charge is 0.494 e. The molecule has 0 aliphatic carbocycles. The topological polar surface area (TPSA) is 91.0 Å². The number of rotatable bonds is 11. The van der Waals surface area contributed by atoms with Gasteiger partial charge in [-0.05, 0) is 52.5 Å². The van der Waals surface area contributed by atoms with Crippen molar-refractivity contribution in [2.45, 2.75) is 58.9 Å². The molecule has 0 bridgehead atoms. The predicted molar refractivity (Wildman–Crippen MR) is 97.8 cm³/mol. The zero-order chi connectivity index (χ0) is 19.0. The molecule has 0 aliphatic heterocycles. The normalized spacial score (nSPS) is 14.5. The van der Waals surface area contributed by atoms with E-state index >= 15 is 0 Å². The van der Waals surface area contributed by atoms with Gasteiger partial charge in [-0.15, -0.1) is 0 Å². The van der Waals surface area contributed by atoms with Crippen molar-refractivity contribution in [1.82, 2.24) is 0 Å². The Morgan fingerprint density at radius 1 is 1.12 bits per heavy atom. The van der Waals surface area contributed by atoms with Crippen LogP contribution >= 0.6 is 0 Å². The standard InChI is InChI=1S/C19H31NO5/c1-6-13(12-19(5,20)18(21)22)15-10-14(23-7-2)11-16(24-8-3)17(15)25-9-4/h10-11,13H,6-9,12,20H2,1-5H3,(H,21,22). The Labute approximate surface area is 150 Å². The lowest BCUT2D eigenvalue weighted by Crippen LogP contribution is -2.46. The van der Waals surface area contributed by atoms with Gasteiger partial charge in [0, 0.05) is 11.6 Å². The SMILES string of the molecule is CCOc1cc(OCC)c(OCC)c(C(CC)CC(C)(N)C(=O)O)c1. The molecule has 1 aromatic rings. The molecule has 3 N–H and O–H groups in total. The van der Waals surface area contributed by atoms with Crippen LogP contribution in [0, 0.1) is 0 Å². The molecule has 2 atom stereocenters. The summed E-state index contributed by atoms with van der Waals surface area (Å²) in [5.74, 6) is 0.817. The van der Waals surface area contributed by atoms with E-state index in [1.54, 1.807) is 0 Å². The highest BCUT2D eigenvalue weighted by atomic mass is 16.5. The number of carboxylic acids is 1. The zero-order valence-corrected chi connectivity index (χ0v) is 15.9. The Kier molecular flexibility index (Phi) is 8.03. The number of hydrogen-bond acceptors (Lipinski definition) is 5. The molecule has 0 aliphatic rings. The van der Waals surface area contributed by atoms with E-state index in [0.717, 1.165) is 12.0 Å². The third-order valence-corrected chi connectivity index (χ3v) is 4.05. The van der Waals surface area contributed by atoms with E-state index in [-0.39, 0.29) is 5.92 Å². The van der Waals surface area contributed by atoms with Crippen LogP contribution in [0.2, 0.25) is 0 Å². The minimum atomic E-state index is -1.32. The van der Waals surface area contributed by atoms with Crippen LogP contribution in [0.4, 0.5) is 0 Å². The summed E-state index contributed by atoms with van der Waals surface area (Å²) < 4.78 is 17.2. The predicted octanol–water partition coefficient (Wildman–Crippen LogP) is 3.57. The van der Waals surface area contributed by atoms with Crippen LogP contribution in [0.3, 0.4) is 0 Å². The van der Waals surface area contributed by atoms with Crippen molar-refractivity contribution in [3.8, 4) is 17.2 Å². The average molecular weight is 353 g/mol. The van der Waals surface area contributed by atoms with E-state index in [1.807, 2.05) is 39.8 Å². The smallest absolute Gasteiger partial charge is 0.323 e. The summed E-state index contributed by atoms with van der Waals surface area (Å²) in [5.41, 5.74) is 5.54. The maximum absolute atomic E-state index is 11.4. The molecule has 25 heavy (non-hydrogen) atoms. The molecule has 0 saturated heterocycles. The molecule has 1 aromatic carbocycles. The van der Waals surface area contributed by atoms with Crippen LogP contribution in [-0.4, -0.2) is 36.4 Å². The van der Waals surface area contributed by atoms with E-state index in [0.29, 0.717) is 43.5 Å². The number of carbonyl (C=O) groups is 1. The molecule has 0 radical (unpaired) electrons. The molecular formula is C19H31NO5. The van der Waals surface area contributed by atoms with Gasteiger partial charge in [0.05, 0.1) is 19.8 Å². The van der Waals surface area contributed by atoms with Crippen molar-refractivity contribution < 1.29 is 24.1 Å². The highest BCUT2D eigenvalue weighted by molar-refractivity contribution is 5.78. The average Bonchev–Trinajstić information content (AvgIpc) is 2.55. The number of ether oxygens (including phenoxy) is 3. The second-order valence-corrected chi connectivity index (χ2v) is 6.17. The fraction of sp³-hybridized carbons (Fsp3) is 0.632. The third-order valence-electron chi connectivity index (χ3n) is 4.05. The van der Waals surface area contributed by atoms with Crippen LogP contribution in [0.1, 0.15) is 58.9 Å². The van der Waals surface area contributed by atoms with Crippen molar-refractivity contribution in [2.75, 3.05) is 19.8 Å². The molecule has 0 heterocycles. The first-order chi connectivity index (χ1) is 11.8. The van der Waals surface area contributed by atoms with Gasteiger partial charge in [-0.2, -0.15) is 0 Å². The number of aliphatic carboxylic acids is 1. The molecule has 6 nitrogen and oxygen atoms in total. The molecule has 0 aromatic heterocycles. The van der Waals surface area contributed by atoms with Crippen LogP contribution in [-0.2, 0) is 4.79 Å². The number of carboxylic acid groups (broad SMARTS) is 1. The van der Waals surface area contributed by atoms with Gasteiger partial charge >= 0.3 is 5.97 Å². The number of nitrogens with two attached hydrogens (primary N) is 1. The van der Waals surface area contributed by atoms with Gasteiger partial charge in [0.15, 0.2) is 11.5 Å².